The monoisotopic (exact) mass is 738 g/mol. The first kappa shape index (κ1) is 50.9. The molecule has 3 atom stereocenters. The van der Waals surface area contributed by atoms with Gasteiger partial charge in [0.2, 0.25) is 5.91 Å². The minimum absolute atomic E-state index is 0.0855. The average Bonchev–Trinajstić information content (AvgIpc) is 3.13. The number of nitrogens with one attached hydrogen (secondary N) is 1. The van der Waals surface area contributed by atoms with E-state index in [1.54, 1.807) is 0 Å². The van der Waals surface area contributed by atoms with E-state index in [9.17, 15) is 19.8 Å². The standard InChI is InChI=1S/C46H91NO5/c1-4-7-10-13-16-18-20-22-23-25-27-30-33-36-39-46(51)52-42(37-34-31-28-15-12-9-6-3)40-45(50)47-43(41-48)44(49)38-35-32-29-26-24-21-19-17-14-11-8-5-2/h42-44,48-49H,4-41H2,1-3H3,(H,47,50). The molecule has 0 aliphatic rings. The van der Waals surface area contributed by atoms with Crippen LogP contribution in [0, 0.1) is 0 Å². The number of esters is 1. The van der Waals surface area contributed by atoms with Crippen molar-refractivity contribution in [1.29, 1.82) is 0 Å². The van der Waals surface area contributed by atoms with Gasteiger partial charge in [0.1, 0.15) is 6.10 Å². The number of aliphatic hydroxyl groups is 2. The Kier molecular flexibility index (Phi) is 40.1. The molecule has 0 heterocycles. The Morgan fingerprint density at radius 2 is 0.808 bits per heavy atom. The normalized spacial score (nSPS) is 13.2. The zero-order valence-electron chi connectivity index (χ0n) is 35.2. The molecule has 0 aliphatic heterocycles. The van der Waals surface area contributed by atoms with Gasteiger partial charge in [-0.3, -0.25) is 9.59 Å². The Morgan fingerprint density at radius 1 is 0.481 bits per heavy atom. The molecule has 0 fully saturated rings. The van der Waals surface area contributed by atoms with E-state index < -0.39 is 18.2 Å². The molecule has 52 heavy (non-hydrogen) atoms. The highest BCUT2D eigenvalue weighted by atomic mass is 16.5. The molecule has 0 radical (unpaired) electrons. The Balaban J connectivity index is 4.39. The lowest BCUT2D eigenvalue weighted by Crippen LogP contribution is -2.46. The highest BCUT2D eigenvalue weighted by Gasteiger charge is 2.24. The zero-order chi connectivity index (χ0) is 38.2. The van der Waals surface area contributed by atoms with Crippen molar-refractivity contribution < 1.29 is 24.5 Å². The third-order valence-corrected chi connectivity index (χ3v) is 10.9. The topological polar surface area (TPSA) is 95.9 Å². The lowest BCUT2D eigenvalue weighted by molar-refractivity contribution is -0.151. The van der Waals surface area contributed by atoms with E-state index in [0.717, 1.165) is 44.9 Å². The molecular weight excluding hydrogens is 647 g/mol. The SMILES string of the molecule is CCCCCCCCCCCCCCCCC(=O)OC(CCCCCCCCC)CC(=O)NC(CO)C(O)CCCCCCCCCCCCCC. The molecule has 0 saturated heterocycles. The van der Waals surface area contributed by atoms with Crippen molar-refractivity contribution >= 4 is 11.9 Å². The molecule has 310 valence electrons. The van der Waals surface area contributed by atoms with E-state index in [-0.39, 0.29) is 24.9 Å². The maximum atomic E-state index is 13.1. The largest absolute Gasteiger partial charge is 0.462 e. The van der Waals surface area contributed by atoms with E-state index in [0.29, 0.717) is 19.3 Å². The van der Waals surface area contributed by atoms with Gasteiger partial charge < -0.3 is 20.3 Å². The molecule has 3 N–H and O–H groups in total. The summed E-state index contributed by atoms with van der Waals surface area (Å²) in [6.07, 6.45) is 41.7. The number of hydrogen-bond acceptors (Lipinski definition) is 5. The van der Waals surface area contributed by atoms with Crippen molar-refractivity contribution in [1.82, 2.24) is 5.32 Å². The van der Waals surface area contributed by atoms with Gasteiger partial charge in [0.05, 0.1) is 25.2 Å². The minimum Gasteiger partial charge on any atom is -0.462 e. The summed E-state index contributed by atoms with van der Waals surface area (Å²) in [7, 11) is 0. The number of amides is 1. The first-order valence-electron chi connectivity index (χ1n) is 23.3. The number of unbranched alkanes of at least 4 members (excludes halogenated alkanes) is 30. The molecule has 3 unspecified atom stereocenters. The summed E-state index contributed by atoms with van der Waals surface area (Å²) in [6, 6.07) is -0.689. The van der Waals surface area contributed by atoms with Crippen molar-refractivity contribution in [3.8, 4) is 0 Å². The van der Waals surface area contributed by atoms with Crippen LogP contribution in [0.5, 0.6) is 0 Å². The molecule has 0 aromatic rings. The number of hydrogen-bond donors (Lipinski definition) is 3. The number of carbonyl (C=O) groups excluding carboxylic acids is 2. The first-order chi connectivity index (χ1) is 25.5. The summed E-state index contributed by atoms with van der Waals surface area (Å²) in [5, 5.41) is 23.6. The number of carbonyl (C=O) groups is 2. The van der Waals surface area contributed by atoms with Gasteiger partial charge >= 0.3 is 5.97 Å². The fourth-order valence-corrected chi connectivity index (χ4v) is 7.37. The van der Waals surface area contributed by atoms with Crippen molar-refractivity contribution in [3.05, 3.63) is 0 Å². The maximum absolute atomic E-state index is 13.1. The molecular formula is C46H91NO5. The van der Waals surface area contributed by atoms with Crippen LogP contribution in [-0.4, -0.2) is 46.9 Å². The first-order valence-corrected chi connectivity index (χ1v) is 23.3. The fraction of sp³-hybridized carbons (Fsp3) is 0.957. The molecule has 0 aliphatic carbocycles. The van der Waals surface area contributed by atoms with Gasteiger partial charge in [-0.05, 0) is 25.7 Å². The second kappa shape index (κ2) is 41.0. The minimum atomic E-state index is -0.776. The molecule has 0 saturated carbocycles. The van der Waals surface area contributed by atoms with Crippen LogP contribution in [0.2, 0.25) is 0 Å². The Morgan fingerprint density at radius 3 is 1.17 bits per heavy atom. The molecule has 6 nitrogen and oxygen atoms in total. The van der Waals surface area contributed by atoms with Gasteiger partial charge in [0.25, 0.3) is 0 Å². The summed E-state index contributed by atoms with van der Waals surface area (Å²) >= 11 is 0. The lowest BCUT2D eigenvalue weighted by atomic mass is 10.0. The van der Waals surface area contributed by atoms with E-state index in [1.807, 2.05) is 0 Å². The predicted molar refractivity (Wildman–Crippen MR) is 223 cm³/mol. The molecule has 0 aromatic carbocycles. The summed E-state index contributed by atoms with van der Waals surface area (Å²) in [4.78, 5) is 25.9. The van der Waals surface area contributed by atoms with Crippen molar-refractivity contribution in [2.45, 2.75) is 277 Å². The Labute approximate surface area is 324 Å². The van der Waals surface area contributed by atoms with Crippen molar-refractivity contribution in [2.24, 2.45) is 0 Å². The highest BCUT2D eigenvalue weighted by molar-refractivity contribution is 5.77. The van der Waals surface area contributed by atoms with E-state index in [1.165, 1.54) is 167 Å². The third kappa shape index (κ3) is 35.9. The van der Waals surface area contributed by atoms with Crippen LogP contribution in [0.25, 0.3) is 0 Å². The van der Waals surface area contributed by atoms with Crippen LogP contribution >= 0.6 is 0 Å². The van der Waals surface area contributed by atoms with Gasteiger partial charge in [-0.25, -0.2) is 0 Å². The van der Waals surface area contributed by atoms with Crippen LogP contribution in [0.3, 0.4) is 0 Å². The van der Waals surface area contributed by atoms with Gasteiger partial charge in [0, 0.05) is 6.42 Å². The second-order valence-corrected chi connectivity index (χ2v) is 16.2. The quantitative estimate of drug-likeness (QED) is 0.0428. The van der Waals surface area contributed by atoms with E-state index in [2.05, 4.69) is 26.1 Å². The summed E-state index contributed by atoms with van der Waals surface area (Å²) in [5.74, 6) is -0.463. The van der Waals surface area contributed by atoms with E-state index in [4.69, 9.17) is 4.74 Å². The second-order valence-electron chi connectivity index (χ2n) is 16.2. The van der Waals surface area contributed by atoms with E-state index >= 15 is 0 Å². The summed E-state index contributed by atoms with van der Waals surface area (Å²) in [6.45, 7) is 6.46. The zero-order valence-corrected chi connectivity index (χ0v) is 35.2. The van der Waals surface area contributed by atoms with Crippen LogP contribution in [0.15, 0.2) is 0 Å². The average molecular weight is 738 g/mol. The Bertz CT molecular complexity index is 746. The number of aliphatic hydroxyl groups excluding tert-OH is 2. The van der Waals surface area contributed by atoms with Crippen LogP contribution in [-0.2, 0) is 14.3 Å². The summed E-state index contributed by atoms with van der Waals surface area (Å²) in [5.41, 5.74) is 0. The molecule has 0 bridgehead atoms. The highest BCUT2D eigenvalue weighted by Crippen LogP contribution is 2.18. The Hall–Kier alpha value is -1.14. The smallest absolute Gasteiger partial charge is 0.306 e. The number of rotatable bonds is 42. The van der Waals surface area contributed by atoms with Gasteiger partial charge in [-0.2, -0.15) is 0 Å². The lowest BCUT2D eigenvalue weighted by Gasteiger charge is -2.24. The van der Waals surface area contributed by atoms with Gasteiger partial charge in [-0.1, -0.05) is 220 Å². The van der Waals surface area contributed by atoms with Gasteiger partial charge in [0.15, 0.2) is 0 Å². The maximum Gasteiger partial charge on any atom is 0.306 e. The molecule has 6 heteroatoms. The molecule has 0 spiro atoms. The molecule has 0 aromatic heterocycles. The van der Waals surface area contributed by atoms with Crippen LogP contribution < -0.4 is 5.32 Å². The number of ether oxygens (including phenoxy) is 1. The van der Waals surface area contributed by atoms with Gasteiger partial charge in [-0.15, -0.1) is 0 Å². The van der Waals surface area contributed by atoms with Crippen molar-refractivity contribution in [3.63, 3.8) is 0 Å². The summed E-state index contributed by atoms with van der Waals surface area (Å²) < 4.78 is 5.88. The third-order valence-electron chi connectivity index (χ3n) is 10.9. The van der Waals surface area contributed by atoms with Crippen molar-refractivity contribution in [2.75, 3.05) is 6.61 Å². The molecule has 1 amide bonds. The van der Waals surface area contributed by atoms with Crippen LogP contribution in [0.4, 0.5) is 0 Å². The van der Waals surface area contributed by atoms with Crippen LogP contribution in [0.1, 0.15) is 258 Å². The predicted octanol–water partition coefficient (Wildman–Crippen LogP) is 13.2. The fourth-order valence-electron chi connectivity index (χ4n) is 7.37. The molecule has 0 rings (SSSR count).